The Balaban J connectivity index is 2.78. The first kappa shape index (κ1) is 9.13. The van der Waals surface area contributed by atoms with Crippen molar-refractivity contribution in [1.29, 1.82) is 0 Å². The maximum Gasteiger partial charge on any atom is 0.159 e. The predicted octanol–water partition coefficient (Wildman–Crippen LogP) is 2.55. The maximum absolute atomic E-state index is 10.9. The van der Waals surface area contributed by atoms with Crippen LogP contribution in [0.4, 0.5) is 0 Å². The fourth-order valence-electron chi connectivity index (χ4n) is 0.841. The zero-order valence-corrected chi connectivity index (χ0v) is 7.85. The van der Waals surface area contributed by atoms with E-state index in [0.29, 0.717) is 5.56 Å². The molecule has 0 aliphatic carbocycles. The van der Waals surface area contributed by atoms with Crippen molar-refractivity contribution in [3.63, 3.8) is 0 Å². The van der Waals surface area contributed by atoms with Gasteiger partial charge in [-0.2, -0.15) is 0 Å². The maximum atomic E-state index is 10.9. The summed E-state index contributed by atoms with van der Waals surface area (Å²) in [6.07, 6.45) is 1.85. The molecule has 0 saturated carbocycles. The van der Waals surface area contributed by atoms with Crippen LogP contribution in [0.3, 0.4) is 0 Å². The van der Waals surface area contributed by atoms with E-state index in [9.17, 15) is 4.79 Å². The summed E-state index contributed by atoms with van der Waals surface area (Å²) in [6, 6.07) is 7.09. The number of carbonyl (C=O) groups excluding carboxylic acids is 1. The van der Waals surface area contributed by atoms with Gasteiger partial charge in [-0.25, -0.2) is 0 Å². The summed E-state index contributed by atoms with van der Waals surface area (Å²) in [5.41, 5.74) is 0.712. The summed E-state index contributed by atoms with van der Waals surface area (Å²) in [4.78, 5) is 10.9. The summed E-state index contributed by atoms with van der Waals surface area (Å²) >= 11 is 1.28. The third-order valence-electron chi connectivity index (χ3n) is 1.44. The SMILES string of the molecule is CSOc1ccc(C(C)=O)cc1. The first-order valence-corrected chi connectivity index (χ1v) is 4.70. The van der Waals surface area contributed by atoms with Crippen molar-refractivity contribution in [2.75, 3.05) is 6.26 Å². The molecule has 0 bridgehead atoms. The highest BCUT2D eigenvalue weighted by Crippen LogP contribution is 2.15. The fourth-order valence-corrected chi connectivity index (χ4v) is 1.14. The van der Waals surface area contributed by atoms with E-state index in [1.165, 1.54) is 12.0 Å². The van der Waals surface area contributed by atoms with Gasteiger partial charge >= 0.3 is 0 Å². The number of rotatable bonds is 3. The minimum Gasteiger partial charge on any atom is -0.426 e. The molecule has 0 aliphatic rings. The van der Waals surface area contributed by atoms with Gasteiger partial charge in [0, 0.05) is 11.8 Å². The Morgan fingerprint density at radius 3 is 2.33 bits per heavy atom. The lowest BCUT2D eigenvalue weighted by Gasteiger charge is -2.00. The third-order valence-corrected chi connectivity index (χ3v) is 1.80. The van der Waals surface area contributed by atoms with E-state index < -0.39 is 0 Å². The molecule has 0 fully saturated rings. The van der Waals surface area contributed by atoms with Gasteiger partial charge in [0.2, 0.25) is 0 Å². The molecule has 0 aromatic heterocycles. The standard InChI is InChI=1S/C9H10O2S/c1-7(10)8-3-5-9(6-4-8)11-12-2/h3-6H,1-2H3. The van der Waals surface area contributed by atoms with Gasteiger partial charge in [0.05, 0.1) is 12.0 Å². The molecule has 1 aromatic carbocycles. The Hall–Kier alpha value is -0.960. The van der Waals surface area contributed by atoms with E-state index in [-0.39, 0.29) is 5.78 Å². The molecule has 2 nitrogen and oxygen atoms in total. The second kappa shape index (κ2) is 4.16. The number of carbonyl (C=O) groups is 1. The molecule has 0 saturated heterocycles. The largest absolute Gasteiger partial charge is 0.426 e. The summed E-state index contributed by atoms with van der Waals surface area (Å²) < 4.78 is 5.15. The van der Waals surface area contributed by atoms with Crippen molar-refractivity contribution in [3.8, 4) is 5.75 Å². The Morgan fingerprint density at radius 1 is 1.33 bits per heavy atom. The predicted molar refractivity (Wildman–Crippen MR) is 50.6 cm³/mol. The van der Waals surface area contributed by atoms with Gasteiger partial charge in [0.25, 0.3) is 0 Å². The van der Waals surface area contributed by atoms with Crippen LogP contribution in [-0.2, 0) is 0 Å². The van der Waals surface area contributed by atoms with Crippen LogP contribution >= 0.6 is 12.0 Å². The van der Waals surface area contributed by atoms with Crippen LogP contribution < -0.4 is 4.18 Å². The monoisotopic (exact) mass is 182 g/mol. The van der Waals surface area contributed by atoms with Crippen molar-refractivity contribution >= 4 is 17.8 Å². The van der Waals surface area contributed by atoms with Crippen LogP contribution in [0.1, 0.15) is 17.3 Å². The molecule has 1 aromatic rings. The van der Waals surface area contributed by atoms with Gasteiger partial charge in [-0.3, -0.25) is 4.79 Å². The molecule has 0 spiro atoms. The number of hydrogen-bond acceptors (Lipinski definition) is 3. The number of hydrogen-bond donors (Lipinski definition) is 0. The smallest absolute Gasteiger partial charge is 0.159 e. The van der Waals surface area contributed by atoms with Gasteiger partial charge in [0.1, 0.15) is 5.75 Å². The van der Waals surface area contributed by atoms with E-state index in [1.54, 1.807) is 31.2 Å². The molecular weight excluding hydrogens is 172 g/mol. The number of Topliss-reactive ketones (excluding diaryl/α,β-unsaturated/α-hetero) is 1. The van der Waals surface area contributed by atoms with Crippen LogP contribution in [0, 0.1) is 0 Å². The molecule has 1 rings (SSSR count). The van der Waals surface area contributed by atoms with Gasteiger partial charge in [-0.15, -0.1) is 0 Å². The van der Waals surface area contributed by atoms with E-state index >= 15 is 0 Å². The normalized spacial score (nSPS) is 9.50. The lowest BCUT2D eigenvalue weighted by Crippen LogP contribution is -1.90. The van der Waals surface area contributed by atoms with E-state index in [1.807, 2.05) is 6.26 Å². The molecule has 64 valence electrons. The Labute approximate surface area is 76.1 Å². The van der Waals surface area contributed by atoms with Gasteiger partial charge in [-0.1, -0.05) is 0 Å². The van der Waals surface area contributed by atoms with Crippen molar-refractivity contribution in [3.05, 3.63) is 29.8 Å². The fraction of sp³-hybridized carbons (Fsp3) is 0.222. The lowest BCUT2D eigenvalue weighted by atomic mass is 10.1. The average molecular weight is 182 g/mol. The highest BCUT2D eigenvalue weighted by Gasteiger charge is 1.98. The second-order valence-electron chi connectivity index (χ2n) is 2.33. The summed E-state index contributed by atoms with van der Waals surface area (Å²) in [7, 11) is 0. The Morgan fingerprint density at radius 2 is 1.92 bits per heavy atom. The van der Waals surface area contributed by atoms with E-state index in [2.05, 4.69) is 0 Å². The molecule has 3 heteroatoms. The third kappa shape index (κ3) is 2.27. The van der Waals surface area contributed by atoms with Crippen molar-refractivity contribution < 1.29 is 8.98 Å². The van der Waals surface area contributed by atoms with Crippen LogP contribution in [0.2, 0.25) is 0 Å². The first-order valence-electron chi connectivity index (χ1n) is 3.55. The van der Waals surface area contributed by atoms with E-state index in [4.69, 9.17) is 4.18 Å². The Bertz CT molecular complexity index is 266. The molecule has 12 heavy (non-hydrogen) atoms. The highest BCUT2D eigenvalue weighted by atomic mass is 32.2. The van der Waals surface area contributed by atoms with Crippen molar-refractivity contribution in [1.82, 2.24) is 0 Å². The molecule has 0 radical (unpaired) electrons. The zero-order chi connectivity index (χ0) is 8.97. The minimum atomic E-state index is 0.0747. The van der Waals surface area contributed by atoms with Gasteiger partial charge < -0.3 is 4.18 Å². The van der Waals surface area contributed by atoms with Crippen LogP contribution in [0.15, 0.2) is 24.3 Å². The summed E-state index contributed by atoms with van der Waals surface area (Å²) in [5, 5.41) is 0. The molecule has 0 N–H and O–H groups in total. The molecular formula is C9H10O2S. The molecule has 0 unspecified atom stereocenters. The van der Waals surface area contributed by atoms with Gasteiger partial charge in [0.15, 0.2) is 5.78 Å². The summed E-state index contributed by atoms with van der Waals surface area (Å²) in [5.74, 6) is 0.846. The molecule has 0 heterocycles. The Kier molecular flexibility index (Phi) is 3.17. The minimum absolute atomic E-state index is 0.0747. The van der Waals surface area contributed by atoms with Gasteiger partial charge in [-0.05, 0) is 31.2 Å². The van der Waals surface area contributed by atoms with Crippen LogP contribution in [0.25, 0.3) is 0 Å². The molecule has 0 aliphatic heterocycles. The van der Waals surface area contributed by atoms with Crippen LogP contribution in [0.5, 0.6) is 5.75 Å². The van der Waals surface area contributed by atoms with E-state index in [0.717, 1.165) is 5.75 Å². The molecule has 0 amide bonds. The van der Waals surface area contributed by atoms with Crippen molar-refractivity contribution in [2.45, 2.75) is 6.92 Å². The molecule has 0 atom stereocenters. The lowest BCUT2D eigenvalue weighted by molar-refractivity contribution is 0.101. The quantitative estimate of drug-likeness (QED) is 0.531. The second-order valence-corrected chi connectivity index (χ2v) is 2.83. The zero-order valence-electron chi connectivity index (χ0n) is 7.03. The first-order chi connectivity index (χ1) is 5.74. The number of benzene rings is 1. The number of ketones is 1. The average Bonchev–Trinajstić information content (AvgIpc) is 2.06. The highest BCUT2D eigenvalue weighted by molar-refractivity contribution is 7.94. The van der Waals surface area contributed by atoms with Crippen LogP contribution in [-0.4, -0.2) is 12.0 Å². The summed E-state index contributed by atoms with van der Waals surface area (Å²) in [6.45, 7) is 1.55. The van der Waals surface area contributed by atoms with Crippen molar-refractivity contribution in [2.24, 2.45) is 0 Å². The topological polar surface area (TPSA) is 26.3 Å².